The Kier molecular flexibility index (Phi) is 5.69. The van der Waals surface area contributed by atoms with Gasteiger partial charge in [-0.3, -0.25) is 9.67 Å². The summed E-state index contributed by atoms with van der Waals surface area (Å²) in [6.07, 6.45) is 5.13. The number of cyclic esters (lactones) is 1. The normalized spacial score (nSPS) is 13.0. The Hall–Kier alpha value is -4.61. The number of rotatable bonds is 7. The van der Waals surface area contributed by atoms with Crippen LogP contribution in [-0.4, -0.2) is 63.9 Å². The minimum absolute atomic E-state index is 0.0193. The molecule has 0 atom stereocenters. The van der Waals surface area contributed by atoms with E-state index in [1.165, 1.54) is 31.3 Å². The van der Waals surface area contributed by atoms with Gasteiger partial charge in [0.2, 0.25) is 5.90 Å². The lowest BCUT2D eigenvalue weighted by molar-refractivity contribution is -0.132. The van der Waals surface area contributed by atoms with Gasteiger partial charge >= 0.3 is 5.97 Å². The summed E-state index contributed by atoms with van der Waals surface area (Å²) in [5.74, 6) is -0.317. The van der Waals surface area contributed by atoms with E-state index < -0.39 is 11.8 Å². The third-order valence-corrected chi connectivity index (χ3v) is 5.32. The number of pyridine rings is 1. The van der Waals surface area contributed by atoms with Crippen LogP contribution >= 0.6 is 0 Å². The summed E-state index contributed by atoms with van der Waals surface area (Å²) >= 11 is 0. The molecular formula is C23H20FN7O4. The molecule has 0 bridgehead atoms. The molecule has 1 aromatic carbocycles. The SMILES string of the molecule is COc1cc(OC)c(F)c(N(CC2=NCC(=O)O2)c2ccc3ncc(-c4cnn(C)c4)nc3n2)c1. The van der Waals surface area contributed by atoms with Gasteiger partial charge in [-0.25, -0.2) is 24.1 Å². The first kappa shape index (κ1) is 22.2. The van der Waals surface area contributed by atoms with E-state index in [9.17, 15) is 4.79 Å². The lowest BCUT2D eigenvalue weighted by atomic mass is 10.2. The van der Waals surface area contributed by atoms with Crippen LogP contribution in [0.2, 0.25) is 0 Å². The van der Waals surface area contributed by atoms with Crippen LogP contribution in [0.3, 0.4) is 0 Å². The number of carbonyl (C=O) groups is 1. The Bertz CT molecular complexity index is 1470. The molecule has 0 spiro atoms. The molecule has 3 aromatic heterocycles. The summed E-state index contributed by atoms with van der Waals surface area (Å²) in [7, 11) is 4.63. The van der Waals surface area contributed by atoms with Crippen molar-refractivity contribution < 1.29 is 23.4 Å². The summed E-state index contributed by atoms with van der Waals surface area (Å²) in [5, 5.41) is 4.16. The summed E-state index contributed by atoms with van der Waals surface area (Å²) in [4.78, 5) is 30.9. The predicted molar refractivity (Wildman–Crippen MR) is 124 cm³/mol. The lowest BCUT2D eigenvalue weighted by Crippen LogP contribution is -2.28. The van der Waals surface area contributed by atoms with E-state index in [0.717, 1.165) is 5.56 Å². The van der Waals surface area contributed by atoms with Crippen LogP contribution in [0.1, 0.15) is 0 Å². The number of nitrogens with zero attached hydrogens (tertiary/aromatic N) is 7. The fraction of sp³-hybridized carbons (Fsp3) is 0.217. The number of esters is 1. The zero-order chi connectivity index (χ0) is 24.5. The number of anilines is 2. The quantitative estimate of drug-likeness (QED) is 0.370. The molecule has 0 saturated carbocycles. The molecule has 11 nitrogen and oxygen atoms in total. The van der Waals surface area contributed by atoms with Crippen LogP contribution in [0, 0.1) is 5.82 Å². The van der Waals surface area contributed by atoms with Crippen molar-refractivity contribution in [2.45, 2.75) is 0 Å². The number of aryl methyl sites for hydroxylation is 1. The van der Waals surface area contributed by atoms with Crippen LogP contribution in [0.5, 0.6) is 11.5 Å². The van der Waals surface area contributed by atoms with Crippen LogP contribution in [0.25, 0.3) is 22.4 Å². The van der Waals surface area contributed by atoms with E-state index in [-0.39, 0.29) is 30.4 Å². The highest BCUT2D eigenvalue weighted by Crippen LogP contribution is 2.36. The Morgan fingerprint density at radius 3 is 2.71 bits per heavy atom. The van der Waals surface area contributed by atoms with Crippen molar-refractivity contribution in [2.24, 2.45) is 12.0 Å². The van der Waals surface area contributed by atoms with Gasteiger partial charge in [-0.1, -0.05) is 0 Å². The topological polar surface area (TPSA) is 117 Å². The Morgan fingerprint density at radius 1 is 1.17 bits per heavy atom. The average molecular weight is 477 g/mol. The van der Waals surface area contributed by atoms with Gasteiger partial charge in [0.15, 0.2) is 17.2 Å². The number of fused-ring (bicyclic) bond motifs is 1. The van der Waals surface area contributed by atoms with Crippen LogP contribution in [0.15, 0.2) is 47.8 Å². The average Bonchev–Trinajstić information content (AvgIpc) is 3.50. The molecule has 4 heterocycles. The smallest absolute Gasteiger partial charge is 0.334 e. The monoisotopic (exact) mass is 477 g/mol. The molecule has 12 heteroatoms. The highest BCUT2D eigenvalue weighted by Gasteiger charge is 2.26. The summed E-state index contributed by atoms with van der Waals surface area (Å²) in [6.45, 7) is -0.161. The van der Waals surface area contributed by atoms with Crippen LogP contribution in [0.4, 0.5) is 15.9 Å². The molecule has 0 radical (unpaired) electrons. The molecule has 0 amide bonds. The van der Waals surface area contributed by atoms with Gasteiger partial charge in [-0.15, -0.1) is 0 Å². The zero-order valence-electron chi connectivity index (χ0n) is 19.1. The van der Waals surface area contributed by atoms with Crippen molar-refractivity contribution in [3.63, 3.8) is 0 Å². The second kappa shape index (κ2) is 8.97. The summed E-state index contributed by atoms with van der Waals surface area (Å²) in [5.41, 5.74) is 2.35. The largest absolute Gasteiger partial charge is 0.497 e. The van der Waals surface area contributed by atoms with Crippen molar-refractivity contribution >= 4 is 34.5 Å². The summed E-state index contributed by atoms with van der Waals surface area (Å²) in [6, 6.07) is 6.33. The van der Waals surface area contributed by atoms with Crippen molar-refractivity contribution in [1.29, 1.82) is 0 Å². The number of benzene rings is 1. The van der Waals surface area contributed by atoms with Gasteiger partial charge < -0.3 is 19.1 Å². The molecule has 0 fully saturated rings. The van der Waals surface area contributed by atoms with E-state index in [0.29, 0.717) is 28.4 Å². The Morgan fingerprint density at radius 2 is 2.03 bits per heavy atom. The van der Waals surface area contributed by atoms with Gasteiger partial charge in [0.25, 0.3) is 0 Å². The van der Waals surface area contributed by atoms with Crippen molar-refractivity contribution in [3.8, 4) is 22.8 Å². The molecule has 35 heavy (non-hydrogen) atoms. The molecular weight excluding hydrogens is 457 g/mol. The van der Waals surface area contributed by atoms with Gasteiger partial charge in [0, 0.05) is 30.9 Å². The highest BCUT2D eigenvalue weighted by atomic mass is 19.1. The van der Waals surface area contributed by atoms with Gasteiger partial charge in [0.05, 0.1) is 38.0 Å². The standard InChI is InChI=1S/C23H20FN7O4/c1-30-11-13(8-27-30)16-9-25-15-4-5-19(29-23(15)28-16)31(12-20-26-10-21(32)35-20)17-6-14(33-2)7-18(34-3)22(17)24/h4-9,11H,10,12H2,1-3H3. The molecule has 1 aliphatic heterocycles. The van der Waals surface area contributed by atoms with E-state index in [1.54, 1.807) is 29.2 Å². The molecule has 4 aromatic rings. The number of ether oxygens (including phenoxy) is 3. The number of carbonyl (C=O) groups excluding carboxylic acids is 1. The lowest BCUT2D eigenvalue weighted by Gasteiger charge is -2.25. The van der Waals surface area contributed by atoms with E-state index in [2.05, 4.69) is 25.0 Å². The molecule has 0 saturated heterocycles. The number of hydrogen-bond donors (Lipinski definition) is 0. The first-order valence-electron chi connectivity index (χ1n) is 10.5. The minimum atomic E-state index is -0.643. The number of halogens is 1. The second-order valence-electron chi connectivity index (χ2n) is 7.60. The molecule has 1 aliphatic rings. The number of aromatic nitrogens is 5. The molecule has 178 valence electrons. The maximum Gasteiger partial charge on any atom is 0.334 e. The molecule has 5 rings (SSSR count). The summed E-state index contributed by atoms with van der Waals surface area (Å²) < 4.78 is 32.8. The fourth-order valence-electron chi connectivity index (χ4n) is 3.61. The second-order valence-corrected chi connectivity index (χ2v) is 7.60. The number of methoxy groups -OCH3 is 2. The molecule has 0 N–H and O–H groups in total. The van der Waals surface area contributed by atoms with E-state index >= 15 is 4.39 Å². The fourth-order valence-corrected chi connectivity index (χ4v) is 3.61. The van der Waals surface area contributed by atoms with Gasteiger partial charge in [-0.2, -0.15) is 5.10 Å². The van der Waals surface area contributed by atoms with Crippen LogP contribution < -0.4 is 14.4 Å². The zero-order valence-corrected chi connectivity index (χ0v) is 19.1. The highest BCUT2D eigenvalue weighted by molar-refractivity contribution is 5.98. The number of aliphatic imine (C=N–C) groups is 1. The molecule has 0 unspecified atom stereocenters. The maximum absolute atomic E-state index is 15.4. The van der Waals surface area contributed by atoms with Crippen LogP contribution in [-0.2, 0) is 16.6 Å². The minimum Gasteiger partial charge on any atom is -0.497 e. The van der Waals surface area contributed by atoms with Crippen molar-refractivity contribution in [3.05, 3.63) is 48.7 Å². The maximum atomic E-state index is 15.4. The third-order valence-electron chi connectivity index (χ3n) is 5.32. The first-order valence-corrected chi connectivity index (χ1v) is 10.5. The van der Waals surface area contributed by atoms with Crippen molar-refractivity contribution in [2.75, 3.05) is 32.2 Å². The van der Waals surface area contributed by atoms with Gasteiger partial charge in [0.1, 0.15) is 30.2 Å². The van der Waals surface area contributed by atoms with Gasteiger partial charge in [-0.05, 0) is 12.1 Å². The predicted octanol–water partition coefficient (Wildman–Crippen LogP) is 2.68. The first-order chi connectivity index (χ1) is 16.9. The van der Waals surface area contributed by atoms with E-state index in [1.807, 2.05) is 13.2 Å². The Balaban J connectivity index is 1.63. The number of hydrogen-bond acceptors (Lipinski definition) is 10. The molecule has 0 aliphatic carbocycles. The van der Waals surface area contributed by atoms with E-state index in [4.69, 9.17) is 14.2 Å². The third kappa shape index (κ3) is 4.33. The van der Waals surface area contributed by atoms with Crippen molar-refractivity contribution in [1.82, 2.24) is 24.7 Å². The Labute approximate surface area is 198 Å².